The molecule has 31 heavy (non-hydrogen) atoms. The van der Waals surface area contributed by atoms with Crippen molar-refractivity contribution in [3.63, 3.8) is 0 Å². The maximum atomic E-state index is 10.6. The first-order valence-corrected chi connectivity index (χ1v) is 8.97. The second kappa shape index (κ2) is 25.0. The van der Waals surface area contributed by atoms with Crippen LogP contribution in [0.4, 0.5) is 0 Å². The Morgan fingerprint density at radius 3 is 1.52 bits per heavy atom. The van der Waals surface area contributed by atoms with E-state index in [0.717, 1.165) is 0 Å². The monoisotopic (exact) mass is 446 g/mol. The maximum Gasteiger partial charge on any atom is 0.325 e. The van der Waals surface area contributed by atoms with Crippen molar-refractivity contribution in [2.45, 2.75) is 6.42 Å². The van der Waals surface area contributed by atoms with Gasteiger partial charge in [-0.3, -0.25) is 19.2 Å². The molecular formula is C19H34N4O8. The fraction of sp³-hybridized carbons (Fsp3) is 0.474. The SMILES string of the molecule is CNCC(=O)OC.COC(=O)CCN.COC(=O)CN.NCC(=O)Oc1ccccc1. The Morgan fingerprint density at radius 1 is 0.774 bits per heavy atom. The number of hydrogen-bond acceptors (Lipinski definition) is 12. The number of esters is 4. The Bertz CT molecular complexity index is 576. The number of hydrogen-bond donors (Lipinski definition) is 4. The highest BCUT2D eigenvalue weighted by Crippen LogP contribution is 2.07. The number of ether oxygens (including phenoxy) is 4. The second-order valence-electron chi connectivity index (χ2n) is 4.99. The summed E-state index contributed by atoms with van der Waals surface area (Å²) in [6, 6.07) is 8.83. The molecular weight excluding hydrogens is 412 g/mol. The van der Waals surface area contributed by atoms with Gasteiger partial charge in [0.25, 0.3) is 0 Å². The molecule has 1 aromatic rings. The number of carbonyl (C=O) groups excluding carboxylic acids is 4. The van der Waals surface area contributed by atoms with Crippen LogP contribution in [0.25, 0.3) is 0 Å². The molecule has 0 amide bonds. The van der Waals surface area contributed by atoms with E-state index in [9.17, 15) is 19.2 Å². The van der Waals surface area contributed by atoms with Crippen LogP contribution in [0, 0.1) is 0 Å². The van der Waals surface area contributed by atoms with Gasteiger partial charge in [0.15, 0.2) is 0 Å². The van der Waals surface area contributed by atoms with Crippen molar-refractivity contribution < 1.29 is 38.1 Å². The molecule has 0 heterocycles. The van der Waals surface area contributed by atoms with Crippen LogP contribution in [0.1, 0.15) is 6.42 Å². The molecule has 0 bridgehead atoms. The normalized spacial score (nSPS) is 8.48. The fourth-order valence-electron chi connectivity index (χ4n) is 1.18. The average Bonchev–Trinajstić information content (AvgIpc) is 2.80. The number of benzene rings is 1. The Balaban J connectivity index is -0.000000350. The van der Waals surface area contributed by atoms with Crippen molar-refractivity contribution in [1.29, 1.82) is 0 Å². The van der Waals surface area contributed by atoms with Gasteiger partial charge in [-0.25, -0.2) is 0 Å². The van der Waals surface area contributed by atoms with Crippen molar-refractivity contribution in [2.24, 2.45) is 17.2 Å². The van der Waals surface area contributed by atoms with Crippen LogP contribution in [0.3, 0.4) is 0 Å². The predicted octanol–water partition coefficient (Wildman–Crippen LogP) is -1.44. The number of carbonyl (C=O) groups is 4. The lowest BCUT2D eigenvalue weighted by molar-refractivity contribution is -0.140. The minimum absolute atomic E-state index is 0.0312. The van der Waals surface area contributed by atoms with E-state index in [4.69, 9.17) is 21.9 Å². The van der Waals surface area contributed by atoms with Gasteiger partial charge in [-0.2, -0.15) is 0 Å². The first-order chi connectivity index (χ1) is 14.7. The third-order valence-corrected chi connectivity index (χ3v) is 2.66. The highest BCUT2D eigenvalue weighted by molar-refractivity contribution is 5.74. The van der Waals surface area contributed by atoms with Crippen molar-refractivity contribution in [1.82, 2.24) is 5.32 Å². The van der Waals surface area contributed by atoms with E-state index in [1.165, 1.54) is 21.3 Å². The van der Waals surface area contributed by atoms with E-state index in [1.807, 2.05) is 6.07 Å². The summed E-state index contributed by atoms with van der Waals surface area (Å²) in [7, 11) is 5.70. The van der Waals surface area contributed by atoms with Crippen LogP contribution in [0.2, 0.25) is 0 Å². The molecule has 7 N–H and O–H groups in total. The molecule has 0 atom stereocenters. The number of para-hydroxylation sites is 1. The van der Waals surface area contributed by atoms with Gasteiger partial charge >= 0.3 is 23.9 Å². The summed E-state index contributed by atoms with van der Waals surface area (Å²) in [6.07, 6.45) is 0.316. The summed E-state index contributed by atoms with van der Waals surface area (Å²) in [5.41, 5.74) is 14.9. The van der Waals surface area contributed by atoms with Crippen molar-refractivity contribution >= 4 is 23.9 Å². The van der Waals surface area contributed by atoms with Gasteiger partial charge in [0.1, 0.15) is 5.75 Å². The minimum Gasteiger partial charge on any atom is -0.469 e. The number of methoxy groups -OCH3 is 3. The van der Waals surface area contributed by atoms with Crippen LogP contribution in [0.5, 0.6) is 5.75 Å². The first-order valence-electron chi connectivity index (χ1n) is 8.97. The molecule has 0 unspecified atom stereocenters. The Labute approximate surface area is 182 Å². The summed E-state index contributed by atoms with van der Waals surface area (Å²) in [4.78, 5) is 40.7. The number of rotatable bonds is 7. The largest absolute Gasteiger partial charge is 0.469 e. The molecule has 0 aliphatic carbocycles. The Kier molecular flexibility index (Phi) is 26.3. The van der Waals surface area contributed by atoms with E-state index in [-0.39, 0.29) is 37.5 Å². The molecule has 178 valence electrons. The highest BCUT2D eigenvalue weighted by Gasteiger charge is 1.98. The molecule has 0 aromatic heterocycles. The lowest BCUT2D eigenvalue weighted by atomic mass is 10.3. The predicted molar refractivity (Wildman–Crippen MR) is 114 cm³/mol. The molecule has 0 aliphatic rings. The van der Waals surface area contributed by atoms with E-state index in [1.54, 1.807) is 31.3 Å². The number of nitrogens with one attached hydrogen (secondary N) is 1. The summed E-state index contributed by atoms with van der Waals surface area (Å²) < 4.78 is 17.5. The summed E-state index contributed by atoms with van der Waals surface area (Å²) in [5, 5.41) is 2.64. The number of likely N-dealkylation sites (N-methyl/N-ethyl adjacent to an activating group) is 1. The van der Waals surface area contributed by atoms with Gasteiger partial charge < -0.3 is 41.5 Å². The molecule has 12 nitrogen and oxygen atoms in total. The van der Waals surface area contributed by atoms with Crippen LogP contribution >= 0.6 is 0 Å². The third-order valence-electron chi connectivity index (χ3n) is 2.66. The molecule has 0 aliphatic heterocycles. The quantitative estimate of drug-likeness (QED) is 0.216. The summed E-state index contributed by atoms with van der Waals surface area (Å²) >= 11 is 0. The zero-order valence-corrected chi connectivity index (χ0v) is 18.4. The van der Waals surface area contributed by atoms with Gasteiger partial charge in [-0.05, 0) is 19.2 Å². The van der Waals surface area contributed by atoms with E-state index in [2.05, 4.69) is 19.5 Å². The lowest BCUT2D eigenvalue weighted by Gasteiger charge is -1.99. The topological polar surface area (TPSA) is 195 Å². The van der Waals surface area contributed by atoms with Gasteiger partial charge in [0.2, 0.25) is 0 Å². The average molecular weight is 447 g/mol. The molecule has 0 radical (unpaired) electrons. The zero-order chi connectivity index (χ0) is 24.5. The van der Waals surface area contributed by atoms with E-state index in [0.29, 0.717) is 18.7 Å². The van der Waals surface area contributed by atoms with Crippen LogP contribution < -0.4 is 27.3 Å². The maximum absolute atomic E-state index is 10.6. The highest BCUT2D eigenvalue weighted by atomic mass is 16.5. The molecule has 0 fully saturated rings. The van der Waals surface area contributed by atoms with Gasteiger partial charge in [-0.15, -0.1) is 0 Å². The second-order valence-corrected chi connectivity index (χ2v) is 4.99. The summed E-state index contributed by atoms with van der Waals surface area (Å²) in [5.74, 6) is -0.751. The standard InChI is InChI=1S/C8H9NO2.2C4H9NO2.C3H7NO2/c9-6-8(10)11-7-4-2-1-3-5-7;1-5-3-4(6)7-2;1-7-4(6)2-3-5;1-6-3(5)2-4/h1-5H,6,9H2;5H,3H2,1-2H3;2-3,5H2,1H3;2,4H2,1H3. The van der Waals surface area contributed by atoms with Crippen molar-refractivity contribution in [3.05, 3.63) is 30.3 Å². The summed E-state index contributed by atoms with van der Waals surface area (Å²) in [6.45, 7) is 0.536. The smallest absolute Gasteiger partial charge is 0.325 e. The van der Waals surface area contributed by atoms with Crippen molar-refractivity contribution in [2.75, 3.05) is 54.6 Å². The van der Waals surface area contributed by atoms with Crippen LogP contribution in [-0.4, -0.2) is 78.4 Å². The van der Waals surface area contributed by atoms with Gasteiger partial charge in [-0.1, -0.05) is 18.2 Å². The van der Waals surface area contributed by atoms with Crippen molar-refractivity contribution in [3.8, 4) is 5.75 Å². The molecule has 1 rings (SSSR count). The van der Waals surface area contributed by atoms with Crippen LogP contribution in [-0.2, 0) is 33.4 Å². The minimum atomic E-state index is -0.420. The number of nitrogens with two attached hydrogens (primary N) is 3. The zero-order valence-electron chi connectivity index (χ0n) is 18.4. The fourth-order valence-corrected chi connectivity index (χ4v) is 1.18. The Hall–Kier alpha value is -3.06. The van der Waals surface area contributed by atoms with Crippen LogP contribution in [0.15, 0.2) is 30.3 Å². The first kappa shape index (κ1) is 32.6. The molecule has 1 aromatic carbocycles. The Morgan fingerprint density at radius 2 is 1.26 bits per heavy atom. The van der Waals surface area contributed by atoms with Gasteiger partial charge in [0.05, 0.1) is 47.4 Å². The molecule has 12 heteroatoms. The van der Waals surface area contributed by atoms with E-state index < -0.39 is 5.97 Å². The molecule has 0 spiro atoms. The molecule has 0 saturated heterocycles. The van der Waals surface area contributed by atoms with E-state index >= 15 is 0 Å². The van der Waals surface area contributed by atoms with Gasteiger partial charge in [0, 0.05) is 6.54 Å². The lowest BCUT2D eigenvalue weighted by Crippen LogP contribution is -2.19. The molecule has 0 saturated carbocycles. The third kappa shape index (κ3) is 26.9.